The Morgan fingerprint density at radius 2 is 1.53 bits per heavy atom. The molecule has 0 saturated carbocycles. The van der Waals surface area contributed by atoms with Crippen molar-refractivity contribution in [1.82, 2.24) is 0 Å². The zero-order chi connectivity index (χ0) is 34.8. The van der Waals surface area contributed by atoms with Crippen LogP contribution in [0.5, 0.6) is 11.5 Å². The van der Waals surface area contributed by atoms with Gasteiger partial charge in [0.1, 0.15) is 29.8 Å². The number of carboxylic acids is 1. The summed E-state index contributed by atoms with van der Waals surface area (Å²) < 4.78 is 57.1. The molecule has 1 heterocycles. The summed E-state index contributed by atoms with van der Waals surface area (Å²) in [5, 5.41) is 11.0. The number of benzene rings is 3. The fourth-order valence-electron chi connectivity index (χ4n) is 5.40. The number of amides is 2. The minimum Gasteiger partial charge on any atom is -0.542 e. The van der Waals surface area contributed by atoms with Crippen molar-refractivity contribution in [2.24, 2.45) is 11.1 Å². The third-order valence-electron chi connectivity index (χ3n) is 7.88. The number of ether oxygens (including phenoxy) is 2. The predicted octanol–water partition coefficient (Wildman–Crippen LogP) is 3.97. The van der Waals surface area contributed by atoms with E-state index in [0.717, 1.165) is 48.3 Å². The zero-order valence-electron chi connectivity index (χ0n) is 26.5. The van der Waals surface area contributed by atoms with Gasteiger partial charge in [-0.3, -0.25) is 9.59 Å². The maximum Gasteiger partial charge on any atom is 0.430 e. The number of aliphatic carboxylic acids is 1. The summed E-state index contributed by atoms with van der Waals surface area (Å²) in [5.41, 5.74) is 9.21. The molecular formula is C34H39F4N3O6. The maximum atomic E-state index is 13.6. The quantitative estimate of drug-likeness (QED) is 0.210. The van der Waals surface area contributed by atoms with Gasteiger partial charge in [0.15, 0.2) is 0 Å². The summed E-state index contributed by atoms with van der Waals surface area (Å²) >= 11 is 0. The molecule has 1 fully saturated rings. The summed E-state index contributed by atoms with van der Waals surface area (Å²) in [6.45, 7) is 9.28. The Hall–Kier alpha value is -4.65. The van der Waals surface area contributed by atoms with Crippen LogP contribution in [0.2, 0.25) is 0 Å². The summed E-state index contributed by atoms with van der Waals surface area (Å²) in [4.78, 5) is 35.0. The molecule has 0 bridgehead atoms. The number of carboxylic acid groups (broad SMARTS) is 1. The fourth-order valence-corrected chi connectivity index (χ4v) is 5.40. The second kappa shape index (κ2) is 16.3. The molecule has 9 nitrogen and oxygen atoms in total. The van der Waals surface area contributed by atoms with Crippen LogP contribution in [0, 0.1) is 11.2 Å². The van der Waals surface area contributed by atoms with Gasteiger partial charge in [0.25, 0.3) is 0 Å². The Labute approximate surface area is 270 Å². The average molecular weight is 662 g/mol. The van der Waals surface area contributed by atoms with E-state index in [1.54, 1.807) is 36.4 Å². The van der Waals surface area contributed by atoms with E-state index in [0.29, 0.717) is 43.2 Å². The van der Waals surface area contributed by atoms with Crippen molar-refractivity contribution in [2.75, 3.05) is 31.2 Å². The highest BCUT2D eigenvalue weighted by molar-refractivity contribution is 5.97. The molecule has 0 aromatic heterocycles. The molecule has 3 aromatic rings. The van der Waals surface area contributed by atoms with Crippen LogP contribution in [-0.2, 0) is 16.1 Å². The molecule has 4 rings (SSSR count). The molecule has 47 heavy (non-hydrogen) atoms. The van der Waals surface area contributed by atoms with E-state index >= 15 is 0 Å². The van der Waals surface area contributed by atoms with Crippen LogP contribution < -0.4 is 30.5 Å². The van der Waals surface area contributed by atoms with E-state index in [1.165, 1.54) is 12.1 Å². The van der Waals surface area contributed by atoms with Crippen molar-refractivity contribution in [1.29, 1.82) is 0 Å². The lowest BCUT2D eigenvalue weighted by Gasteiger charge is -2.27. The van der Waals surface area contributed by atoms with Gasteiger partial charge in [0.05, 0.1) is 25.3 Å². The lowest BCUT2D eigenvalue weighted by molar-refractivity contribution is -0.672. The third kappa shape index (κ3) is 9.92. The number of carbonyl (C=O) groups excluding carboxylic acids is 3. The first kappa shape index (κ1) is 36.8. The number of quaternary nitrogens is 1. The van der Waals surface area contributed by atoms with Gasteiger partial charge in [-0.15, -0.1) is 0 Å². The van der Waals surface area contributed by atoms with Gasteiger partial charge in [-0.2, -0.15) is 13.2 Å². The number of nitrogens with two attached hydrogens (primary N) is 2. The van der Waals surface area contributed by atoms with Gasteiger partial charge in [0, 0.05) is 41.6 Å². The Bertz CT molecular complexity index is 1500. The Morgan fingerprint density at radius 3 is 2.00 bits per heavy atom. The van der Waals surface area contributed by atoms with Gasteiger partial charge in [0.2, 0.25) is 11.8 Å². The molecule has 4 N–H and O–H groups in total. The molecule has 0 spiro atoms. The first-order valence-corrected chi connectivity index (χ1v) is 15.2. The normalized spacial score (nSPS) is 16.0. The molecule has 1 saturated heterocycles. The summed E-state index contributed by atoms with van der Waals surface area (Å²) in [5.74, 6) is -2.24. The predicted molar refractivity (Wildman–Crippen MR) is 165 cm³/mol. The standard InChI is InChI=1S/C32H38FN3O4.C2HF3O2/c1-4-32(19-29(37)36(21-32)26-13-9-24(10-14-26)31(34)38)15-16-35-20-22-17-27(39-5-2)30(28(18-22)40-6-3)23-7-11-25(33)12-8-23;3-2(4,5)1(6)7/h7-14,17-18,35H,4-6,15-16,19-21H2,1-3H3,(H2,34,38);(H,6,7). The molecule has 3 aromatic carbocycles. The minimum atomic E-state index is -5.19. The van der Waals surface area contributed by atoms with Gasteiger partial charge >= 0.3 is 6.18 Å². The highest BCUT2D eigenvalue weighted by Gasteiger charge is 2.42. The van der Waals surface area contributed by atoms with E-state index in [-0.39, 0.29) is 17.1 Å². The number of hydrogen-bond donors (Lipinski definition) is 2. The topological polar surface area (TPSA) is 139 Å². The molecule has 1 unspecified atom stereocenters. The molecule has 1 aliphatic heterocycles. The zero-order valence-corrected chi connectivity index (χ0v) is 26.5. The molecule has 13 heteroatoms. The molecule has 0 aliphatic carbocycles. The smallest absolute Gasteiger partial charge is 0.430 e. The van der Waals surface area contributed by atoms with Crippen molar-refractivity contribution in [3.8, 4) is 22.6 Å². The summed E-state index contributed by atoms with van der Waals surface area (Å²) in [7, 11) is 0. The minimum absolute atomic E-state index is 0.102. The Morgan fingerprint density at radius 1 is 0.979 bits per heavy atom. The number of carbonyl (C=O) groups is 3. The highest BCUT2D eigenvalue weighted by Crippen LogP contribution is 2.41. The van der Waals surface area contributed by atoms with Crippen molar-refractivity contribution < 1.29 is 51.8 Å². The number of nitrogens with zero attached hydrogens (tertiary/aromatic N) is 1. The summed E-state index contributed by atoms with van der Waals surface area (Å²) in [6, 6.07) is 17.3. The van der Waals surface area contributed by atoms with Crippen LogP contribution in [0.4, 0.5) is 23.2 Å². The number of alkyl halides is 3. The first-order chi connectivity index (χ1) is 22.2. The highest BCUT2D eigenvalue weighted by atomic mass is 19.4. The van der Waals surface area contributed by atoms with Gasteiger partial charge < -0.3 is 35.3 Å². The van der Waals surface area contributed by atoms with Crippen LogP contribution in [0.3, 0.4) is 0 Å². The number of halogens is 4. The van der Waals surface area contributed by atoms with Gasteiger partial charge in [-0.25, -0.2) is 4.39 Å². The van der Waals surface area contributed by atoms with Crippen LogP contribution in [0.25, 0.3) is 11.1 Å². The third-order valence-corrected chi connectivity index (χ3v) is 7.88. The van der Waals surface area contributed by atoms with Crippen LogP contribution >= 0.6 is 0 Å². The average Bonchev–Trinajstić information content (AvgIpc) is 3.36. The largest absolute Gasteiger partial charge is 0.542 e. The number of rotatable bonds is 13. The maximum absolute atomic E-state index is 13.6. The van der Waals surface area contributed by atoms with Crippen molar-refractivity contribution in [3.63, 3.8) is 0 Å². The monoisotopic (exact) mass is 661 g/mol. The van der Waals surface area contributed by atoms with E-state index < -0.39 is 18.1 Å². The van der Waals surface area contributed by atoms with Gasteiger partial charge in [-0.05, 0) is 74.4 Å². The molecular weight excluding hydrogens is 622 g/mol. The Kier molecular flexibility index (Phi) is 12.7. The number of primary amides is 1. The van der Waals surface area contributed by atoms with Crippen molar-refractivity contribution in [3.05, 3.63) is 77.6 Å². The molecule has 254 valence electrons. The van der Waals surface area contributed by atoms with Crippen LogP contribution in [0.1, 0.15) is 56.0 Å². The SMILES string of the molecule is CCOc1cc(C[NH2+]CCC2(CC)CC(=O)N(c3ccc(C(N)=O)cc3)C2)cc(OCC)c1-c1ccc(F)cc1.O=C([O-])C(F)(F)F. The van der Waals surface area contributed by atoms with Crippen molar-refractivity contribution in [2.45, 2.75) is 52.8 Å². The van der Waals surface area contributed by atoms with E-state index in [2.05, 4.69) is 12.2 Å². The number of anilines is 1. The van der Waals surface area contributed by atoms with Crippen LogP contribution in [-0.4, -0.2) is 50.3 Å². The molecule has 0 radical (unpaired) electrons. The first-order valence-electron chi connectivity index (χ1n) is 15.2. The molecule has 1 aliphatic rings. The molecule has 1 atom stereocenters. The second-order valence-electron chi connectivity index (χ2n) is 11.1. The van der Waals surface area contributed by atoms with E-state index in [4.69, 9.17) is 25.1 Å². The van der Waals surface area contributed by atoms with Gasteiger partial charge in [-0.1, -0.05) is 19.1 Å². The lowest BCUT2D eigenvalue weighted by atomic mass is 9.81. The second-order valence-corrected chi connectivity index (χ2v) is 11.1. The Balaban J connectivity index is 0.000000771. The number of hydrogen-bond acceptors (Lipinski definition) is 6. The lowest BCUT2D eigenvalue weighted by Crippen LogP contribution is -2.83. The van der Waals surface area contributed by atoms with E-state index in [1.807, 2.05) is 30.9 Å². The van der Waals surface area contributed by atoms with Crippen molar-refractivity contribution >= 4 is 23.5 Å². The summed E-state index contributed by atoms with van der Waals surface area (Å²) in [6.07, 6.45) is -2.89. The fraction of sp³-hybridized carbons (Fsp3) is 0.382. The van der Waals surface area contributed by atoms with E-state index in [9.17, 15) is 27.2 Å². The van der Waals surface area contributed by atoms with Crippen LogP contribution in [0.15, 0.2) is 60.7 Å². The molecule has 2 amide bonds.